The molecule has 0 radical (unpaired) electrons. The van der Waals surface area contributed by atoms with Crippen LogP contribution in [0, 0.1) is 0 Å². The maximum atomic E-state index is 12.4. The second-order valence-electron chi connectivity index (χ2n) is 5.97. The lowest BCUT2D eigenvalue weighted by molar-refractivity contribution is -0.140. The van der Waals surface area contributed by atoms with Crippen molar-refractivity contribution in [2.24, 2.45) is 0 Å². The molecular weight excluding hydrogens is 360 g/mol. The molecule has 1 aromatic carbocycles. The molecule has 1 heterocycles. The Morgan fingerprint density at radius 1 is 1.46 bits per heavy atom. The summed E-state index contributed by atoms with van der Waals surface area (Å²) in [5, 5.41) is 11.6. The van der Waals surface area contributed by atoms with Gasteiger partial charge in [-0.05, 0) is 36.6 Å². The molecular formula is C17H22N2O6S. The van der Waals surface area contributed by atoms with Crippen molar-refractivity contribution in [3.63, 3.8) is 0 Å². The zero-order valence-corrected chi connectivity index (χ0v) is 15.3. The van der Waals surface area contributed by atoms with Gasteiger partial charge in [-0.3, -0.25) is 9.10 Å². The molecule has 0 aliphatic carbocycles. The third kappa shape index (κ3) is 4.83. The first-order chi connectivity index (χ1) is 12.2. The molecule has 1 aliphatic heterocycles. The Balaban J connectivity index is 2.17. The summed E-state index contributed by atoms with van der Waals surface area (Å²) in [6.07, 6.45) is 3.92. The largest absolute Gasteiger partial charge is 0.480 e. The van der Waals surface area contributed by atoms with E-state index in [-0.39, 0.29) is 18.8 Å². The van der Waals surface area contributed by atoms with Gasteiger partial charge in [0.15, 0.2) is 6.04 Å². The monoisotopic (exact) mass is 382 g/mol. The molecule has 8 nitrogen and oxygen atoms in total. The maximum absolute atomic E-state index is 12.4. The molecule has 1 atom stereocenters. The summed E-state index contributed by atoms with van der Waals surface area (Å²) in [5.41, 5.74) is 1.57. The Hall–Kier alpha value is -2.39. The topological polar surface area (TPSA) is 113 Å². The summed E-state index contributed by atoms with van der Waals surface area (Å²) in [6.45, 7) is 3.87. The van der Waals surface area contributed by atoms with Gasteiger partial charge < -0.3 is 15.2 Å². The van der Waals surface area contributed by atoms with Crippen molar-refractivity contribution < 1.29 is 27.9 Å². The molecule has 0 saturated carbocycles. The highest BCUT2D eigenvalue weighted by atomic mass is 32.2. The van der Waals surface area contributed by atoms with Crippen LogP contribution in [0.5, 0.6) is 0 Å². The molecule has 0 spiro atoms. The number of carboxylic acids is 1. The van der Waals surface area contributed by atoms with Crippen molar-refractivity contribution in [1.29, 1.82) is 0 Å². The Labute approximate surface area is 152 Å². The van der Waals surface area contributed by atoms with Crippen LogP contribution in [0.25, 0.3) is 0 Å². The average Bonchev–Trinajstić information content (AvgIpc) is 2.58. The van der Waals surface area contributed by atoms with E-state index < -0.39 is 27.9 Å². The molecule has 0 fully saturated rings. The third-order valence-corrected chi connectivity index (χ3v) is 5.12. The summed E-state index contributed by atoms with van der Waals surface area (Å²) in [6, 6.07) is 3.48. The van der Waals surface area contributed by atoms with E-state index in [1.807, 2.05) is 0 Å². The lowest BCUT2D eigenvalue weighted by atomic mass is 10.0. The van der Waals surface area contributed by atoms with Gasteiger partial charge in [0.1, 0.15) is 0 Å². The van der Waals surface area contributed by atoms with E-state index in [0.29, 0.717) is 25.1 Å². The van der Waals surface area contributed by atoms with Gasteiger partial charge in [-0.25, -0.2) is 13.2 Å². The quantitative estimate of drug-likeness (QED) is 0.508. The van der Waals surface area contributed by atoms with Crippen LogP contribution in [0.1, 0.15) is 22.3 Å². The van der Waals surface area contributed by atoms with Gasteiger partial charge in [-0.2, -0.15) is 0 Å². The number of ether oxygens (including phenoxy) is 1. The summed E-state index contributed by atoms with van der Waals surface area (Å²) in [7, 11) is -3.38. The van der Waals surface area contributed by atoms with Crippen molar-refractivity contribution >= 4 is 27.6 Å². The van der Waals surface area contributed by atoms with Crippen molar-refractivity contribution in [2.45, 2.75) is 18.9 Å². The van der Waals surface area contributed by atoms with E-state index in [9.17, 15) is 23.1 Å². The fraction of sp³-hybridized carbons (Fsp3) is 0.412. The van der Waals surface area contributed by atoms with Crippen LogP contribution in [0.2, 0.25) is 0 Å². The standard InChI is InChI=1S/C17H22N2O6S/c1-3-9-25-11-14(17(21)22)18-16(20)13-6-7-15-12(10-13)5-4-8-19(15)26(2,23)24/h3,6-7,10,14H,1,4-5,8-9,11H2,2H3,(H,18,20)(H,21,22). The lowest BCUT2D eigenvalue weighted by Crippen LogP contribution is -2.44. The van der Waals surface area contributed by atoms with E-state index in [1.165, 1.54) is 16.4 Å². The smallest absolute Gasteiger partial charge is 0.328 e. The fourth-order valence-electron chi connectivity index (χ4n) is 2.73. The first-order valence-corrected chi connectivity index (χ1v) is 9.92. The van der Waals surface area contributed by atoms with Gasteiger partial charge in [-0.1, -0.05) is 6.08 Å². The highest BCUT2D eigenvalue weighted by Gasteiger charge is 2.26. The van der Waals surface area contributed by atoms with Crippen LogP contribution in [0.4, 0.5) is 5.69 Å². The van der Waals surface area contributed by atoms with Gasteiger partial charge >= 0.3 is 5.97 Å². The molecule has 9 heteroatoms. The number of hydrogen-bond donors (Lipinski definition) is 2. The maximum Gasteiger partial charge on any atom is 0.328 e. The number of carboxylic acid groups (broad SMARTS) is 1. The van der Waals surface area contributed by atoms with Crippen molar-refractivity contribution in [3.05, 3.63) is 42.0 Å². The summed E-state index contributed by atoms with van der Waals surface area (Å²) in [5.74, 6) is -1.76. The van der Waals surface area contributed by atoms with E-state index in [2.05, 4.69) is 11.9 Å². The number of aryl methyl sites for hydroxylation is 1. The van der Waals surface area contributed by atoms with Crippen molar-refractivity contribution in [1.82, 2.24) is 5.32 Å². The van der Waals surface area contributed by atoms with Crippen LogP contribution in [-0.2, 0) is 26.0 Å². The molecule has 0 bridgehead atoms. The Kier molecular flexibility index (Phi) is 6.38. The summed E-state index contributed by atoms with van der Waals surface area (Å²) >= 11 is 0. The first kappa shape index (κ1) is 19.9. The molecule has 1 unspecified atom stereocenters. The second kappa shape index (κ2) is 8.33. The number of aliphatic carboxylic acids is 1. The number of carbonyl (C=O) groups excluding carboxylic acids is 1. The molecule has 1 aliphatic rings. The number of carbonyl (C=O) groups is 2. The normalized spacial score (nSPS) is 15.0. The molecule has 0 aromatic heterocycles. The van der Waals surface area contributed by atoms with E-state index >= 15 is 0 Å². The van der Waals surface area contributed by atoms with Crippen LogP contribution >= 0.6 is 0 Å². The predicted molar refractivity (Wildman–Crippen MR) is 96.9 cm³/mol. The minimum absolute atomic E-state index is 0.180. The van der Waals surface area contributed by atoms with E-state index in [0.717, 1.165) is 11.8 Å². The van der Waals surface area contributed by atoms with Crippen LogP contribution < -0.4 is 9.62 Å². The van der Waals surface area contributed by atoms with Crippen molar-refractivity contribution in [2.75, 3.05) is 30.3 Å². The molecule has 2 rings (SSSR count). The zero-order chi connectivity index (χ0) is 19.3. The number of nitrogens with zero attached hydrogens (tertiary/aromatic N) is 1. The Morgan fingerprint density at radius 2 is 2.19 bits per heavy atom. The SMILES string of the molecule is C=CCOCC(NC(=O)c1ccc2c(c1)CCCN2S(C)(=O)=O)C(=O)O. The highest BCUT2D eigenvalue weighted by Crippen LogP contribution is 2.29. The number of benzene rings is 1. The van der Waals surface area contributed by atoms with E-state index in [4.69, 9.17) is 4.74 Å². The predicted octanol–water partition coefficient (Wildman–Crippen LogP) is 0.784. The van der Waals surface area contributed by atoms with Gasteiger partial charge in [0.05, 0.1) is 25.2 Å². The zero-order valence-electron chi connectivity index (χ0n) is 14.5. The van der Waals surface area contributed by atoms with Gasteiger partial charge in [0, 0.05) is 12.1 Å². The number of anilines is 1. The minimum Gasteiger partial charge on any atom is -0.480 e. The van der Waals surface area contributed by atoms with Gasteiger partial charge in [-0.15, -0.1) is 6.58 Å². The van der Waals surface area contributed by atoms with Crippen LogP contribution in [-0.4, -0.2) is 57.5 Å². The molecule has 1 amide bonds. The molecule has 0 saturated heterocycles. The lowest BCUT2D eigenvalue weighted by Gasteiger charge is -2.29. The number of fused-ring (bicyclic) bond motifs is 1. The number of hydrogen-bond acceptors (Lipinski definition) is 5. The number of rotatable bonds is 8. The molecule has 1 aromatic rings. The van der Waals surface area contributed by atoms with E-state index in [1.54, 1.807) is 12.1 Å². The molecule has 26 heavy (non-hydrogen) atoms. The van der Waals surface area contributed by atoms with Gasteiger partial charge in [0.25, 0.3) is 5.91 Å². The van der Waals surface area contributed by atoms with Crippen LogP contribution in [0.15, 0.2) is 30.9 Å². The highest BCUT2D eigenvalue weighted by molar-refractivity contribution is 7.92. The van der Waals surface area contributed by atoms with Crippen molar-refractivity contribution in [3.8, 4) is 0 Å². The fourth-order valence-corrected chi connectivity index (χ4v) is 3.73. The van der Waals surface area contributed by atoms with Crippen LogP contribution in [0.3, 0.4) is 0 Å². The summed E-state index contributed by atoms with van der Waals surface area (Å²) < 4.78 is 30.2. The summed E-state index contributed by atoms with van der Waals surface area (Å²) in [4.78, 5) is 23.6. The van der Waals surface area contributed by atoms with Gasteiger partial charge in [0.2, 0.25) is 10.0 Å². The molecule has 142 valence electrons. The number of sulfonamides is 1. The average molecular weight is 382 g/mol. The minimum atomic E-state index is -3.38. The number of amides is 1. The number of nitrogens with one attached hydrogen (secondary N) is 1. The first-order valence-electron chi connectivity index (χ1n) is 8.07. The third-order valence-electron chi connectivity index (χ3n) is 3.94. The second-order valence-corrected chi connectivity index (χ2v) is 7.88. The Bertz CT molecular complexity index is 805. The molecule has 2 N–H and O–H groups in total. The Morgan fingerprint density at radius 3 is 2.81 bits per heavy atom.